The number of hydrogen-bond donors (Lipinski definition) is 0. The number of hydrogen-bond acceptors (Lipinski definition) is 2. The van der Waals surface area contributed by atoms with Crippen molar-refractivity contribution in [2.24, 2.45) is 5.41 Å². The maximum absolute atomic E-state index is 14.5. The van der Waals surface area contributed by atoms with E-state index in [1.165, 1.54) is 28.5 Å². The SMILES string of the molecule is C/C=C(\c1ccc(CN2CCC(c3nc4ccccc4n3CC34CC(F)(C3)C4)CC2)cc1C)c1ccccc1F. The Bertz CT molecular complexity index is 1590. The molecule has 0 spiro atoms. The van der Waals surface area contributed by atoms with Gasteiger partial charge in [0, 0.05) is 24.6 Å². The zero-order chi connectivity index (χ0) is 27.5. The molecule has 0 N–H and O–H groups in total. The van der Waals surface area contributed by atoms with Crippen molar-refractivity contribution in [3.63, 3.8) is 0 Å². The molecule has 0 radical (unpaired) electrons. The molecule has 1 saturated heterocycles. The number of piperidine rings is 1. The van der Waals surface area contributed by atoms with E-state index in [0.717, 1.165) is 74.9 Å². The van der Waals surface area contributed by atoms with Gasteiger partial charge in [-0.3, -0.25) is 4.90 Å². The number of halogens is 2. The van der Waals surface area contributed by atoms with Crippen LogP contribution in [0.1, 0.15) is 73.0 Å². The first kappa shape index (κ1) is 25.6. The molecular weight excluding hydrogens is 500 g/mol. The van der Waals surface area contributed by atoms with Crippen LogP contribution in [0.3, 0.4) is 0 Å². The van der Waals surface area contributed by atoms with Crippen LogP contribution in [0.4, 0.5) is 8.78 Å². The van der Waals surface area contributed by atoms with E-state index in [2.05, 4.69) is 58.9 Å². The predicted octanol–water partition coefficient (Wildman–Crippen LogP) is 8.21. The third-order valence-electron chi connectivity index (χ3n) is 9.65. The lowest BCUT2D eigenvalue weighted by Crippen LogP contribution is -2.65. The fourth-order valence-electron chi connectivity index (χ4n) is 7.81. The van der Waals surface area contributed by atoms with E-state index in [-0.39, 0.29) is 11.2 Å². The number of rotatable bonds is 7. The number of nitrogens with zero attached hydrogens (tertiary/aromatic N) is 3. The molecule has 0 unspecified atom stereocenters. The first-order chi connectivity index (χ1) is 19.4. The van der Waals surface area contributed by atoms with Gasteiger partial charge in [0.05, 0.1) is 11.0 Å². The fourth-order valence-corrected chi connectivity index (χ4v) is 7.81. The van der Waals surface area contributed by atoms with Crippen LogP contribution in [0.15, 0.2) is 72.8 Å². The summed E-state index contributed by atoms with van der Waals surface area (Å²) in [5.41, 5.74) is 6.66. The van der Waals surface area contributed by atoms with Crippen LogP contribution in [-0.4, -0.2) is 33.2 Å². The van der Waals surface area contributed by atoms with Gasteiger partial charge in [-0.1, -0.05) is 54.6 Å². The fraction of sp³-hybridized carbons (Fsp3) is 0.400. The average molecular weight is 538 g/mol. The summed E-state index contributed by atoms with van der Waals surface area (Å²) in [6, 6.07) is 22.0. The van der Waals surface area contributed by atoms with E-state index < -0.39 is 5.67 Å². The molecule has 4 aromatic rings. The molecule has 3 aliphatic carbocycles. The second-order valence-electron chi connectivity index (χ2n) is 12.6. The van der Waals surface area contributed by atoms with E-state index in [9.17, 15) is 8.78 Å². The minimum Gasteiger partial charge on any atom is -0.327 e. The standard InChI is InChI=1S/C35H37F2N3/c1-3-27(29-8-4-5-9-30(29)36)28-13-12-25(18-24(28)2)19-39-16-14-26(15-17-39)33-38-31-10-6-7-11-32(31)40(33)23-34-20-35(37,21-34)22-34/h3-13,18,26H,14-17,19-23H2,1-2H3/b27-3+. The number of imidazole rings is 1. The van der Waals surface area contributed by atoms with Gasteiger partial charge in [0.25, 0.3) is 0 Å². The molecule has 5 heteroatoms. The van der Waals surface area contributed by atoms with Crippen LogP contribution in [0.25, 0.3) is 16.6 Å². The Morgan fingerprint density at radius 2 is 1.70 bits per heavy atom. The van der Waals surface area contributed by atoms with Crippen LogP contribution in [-0.2, 0) is 13.1 Å². The van der Waals surface area contributed by atoms with E-state index in [0.29, 0.717) is 11.5 Å². The normalized spacial score (nSPS) is 25.1. The smallest absolute Gasteiger partial charge is 0.131 e. The van der Waals surface area contributed by atoms with Crippen LogP contribution >= 0.6 is 0 Å². The maximum Gasteiger partial charge on any atom is 0.131 e. The highest BCUT2D eigenvalue weighted by atomic mass is 19.1. The number of aryl methyl sites for hydroxylation is 1. The summed E-state index contributed by atoms with van der Waals surface area (Å²) in [5.74, 6) is 1.44. The maximum atomic E-state index is 14.5. The molecular formula is C35H37F2N3. The highest BCUT2D eigenvalue weighted by Gasteiger charge is 2.69. The largest absolute Gasteiger partial charge is 0.327 e. The van der Waals surface area contributed by atoms with Crippen molar-refractivity contribution in [3.8, 4) is 0 Å². The van der Waals surface area contributed by atoms with E-state index >= 15 is 0 Å². The number of benzene rings is 3. The summed E-state index contributed by atoms with van der Waals surface area (Å²) in [4.78, 5) is 7.66. The molecule has 4 aliphatic rings. The first-order valence-electron chi connectivity index (χ1n) is 14.7. The molecule has 3 nitrogen and oxygen atoms in total. The van der Waals surface area contributed by atoms with Gasteiger partial charge in [-0.15, -0.1) is 0 Å². The Hall–Kier alpha value is -3.31. The third-order valence-corrected chi connectivity index (χ3v) is 9.65. The number of para-hydroxylation sites is 2. The van der Waals surface area contributed by atoms with Gasteiger partial charge in [-0.2, -0.15) is 0 Å². The zero-order valence-corrected chi connectivity index (χ0v) is 23.5. The quantitative estimate of drug-likeness (QED) is 0.237. The van der Waals surface area contributed by atoms with Gasteiger partial charge in [-0.25, -0.2) is 13.8 Å². The van der Waals surface area contributed by atoms with Gasteiger partial charge < -0.3 is 4.57 Å². The number of fused-ring (bicyclic) bond motifs is 1. The molecule has 3 aromatic carbocycles. The van der Waals surface area contributed by atoms with Crippen molar-refractivity contribution >= 4 is 16.6 Å². The van der Waals surface area contributed by atoms with Crippen LogP contribution in [0, 0.1) is 18.2 Å². The summed E-state index contributed by atoms with van der Waals surface area (Å²) in [6.45, 7) is 7.97. The Kier molecular flexibility index (Phi) is 6.19. The molecule has 0 amide bonds. The third kappa shape index (κ3) is 4.39. The van der Waals surface area contributed by atoms with Gasteiger partial charge in [0.1, 0.15) is 17.3 Å². The van der Waals surface area contributed by atoms with Gasteiger partial charge in [0.2, 0.25) is 0 Å². The lowest BCUT2D eigenvalue weighted by atomic mass is 9.42. The molecule has 3 saturated carbocycles. The second kappa shape index (κ2) is 9.66. The number of allylic oxidation sites excluding steroid dienone is 1. The Labute approximate surface area is 235 Å². The molecule has 4 fully saturated rings. The first-order valence-corrected chi connectivity index (χ1v) is 14.7. The van der Waals surface area contributed by atoms with Crippen molar-refractivity contribution < 1.29 is 8.78 Å². The Morgan fingerprint density at radius 1 is 0.975 bits per heavy atom. The lowest BCUT2D eigenvalue weighted by molar-refractivity contribution is -0.220. The van der Waals surface area contributed by atoms with Crippen molar-refractivity contribution in [1.82, 2.24) is 14.5 Å². The number of aromatic nitrogens is 2. The molecule has 2 bridgehead atoms. The minimum absolute atomic E-state index is 0.150. The van der Waals surface area contributed by atoms with E-state index in [1.54, 1.807) is 6.07 Å². The van der Waals surface area contributed by atoms with Crippen LogP contribution < -0.4 is 0 Å². The molecule has 1 aliphatic heterocycles. The zero-order valence-electron chi connectivity index (χ0n) is 23.5. The second-order valence-corrected chi connectivity index (χ2v) is 12.6. The summed E-state index contributed by atoms with van der Waals surface area (Å²) in [7, 11) is 0. The molecule has 0 atom stereocenters. The lowest BCUT2D eigenvalue weighted by Gasteiger charge is -2.66. The van der Waals surface area contributed by atoms with Crippen molar-refractivity contribution in [1.29, 1.82) is 0 Å². The number of likely N-dealkylation sites (tertiary alicyclic amines) is 1. The molecule has 206 valence electrons. The highest BCUT2D eigenvalue weighted by molar-refractivity contribution is 5.81. The summed E-state index contributed by atoms with van der Waals surface area (Å²) in [5, 5.41) is 0. The Balaban J connectivity index is 1.04. The van der Waals surface area contributed by atoms with Gasteiger partial charge >= 0.3 is 0 Å². The molecule has 1 aromatic heterocycles. The molecule has 2 heterocycles. The summed E-state index contributed by atoms with van der Waals surface area (Å²) < 4.78 is 31.2. The van der Waals surface area contributed by atoms with Crippen LogP contribution in [0.2, 0.25) is 0 Å². The van der Waals surface area contributed by atoms with E-state index in [1.807, 2.05) is 25.1 Å². The summed E-state index contributed by atoms with van der Waals surface area (Å²) >= 11 is 0. The topological polar surface area (TPSA) is 21.1 Å². The van der Waals surface area contributed by atoms with Crippen molar-refractivity contribution in [2.75, 3.05) is 13.1 Å². The average Bonchev–Trinajstić information content (AvgIpc) is 3.28. The number of alkyl halides is 1. The van der Waals surface area contributed by atoms with Crippen molar-refractivity contribution in [2.45, 2.75) is 70.6 Å². The van der Waals surface area contributed by atoms with E-state index in [4.69, 9.17) is 4.98 Å². The Morgan fingerprint density at radius 3 is 2.40 bits per heavy atom. The van der Waals surface area contributed by atoms with Gasteiger partial charge in [0.15, 0.2) is 0 Å². The minimum atomic E-state index is -0.870. The molecule has 40 heavy (non-hydrogen) atoms. The van der Waals surface area contributed by atoms with Gasteiger partial charge in [-0.05, 0) is 105 Å². The van der Waals surface area contributed by atoms with Crippen molar-refractivity contribution in [3.05, 3.63) is 107 Å². The molecule has 8 rings (SSSR count). The predicted molar refractivity (Wildman–Crippen MR) is 157 cm³/mol. The monoisotopic (exact) mass is 537 g/mol. The van der Waals surface area contributed by atoms with Crippen LogP contribution in [0.5, 0.6) is 0 Å². The summed E-state index contributed by atoms with van der Waals surface area (Å²) in [6.07, 6.45) is 6.32. The highest BCUT2D eigenvalue weighted by Crippen LogP contribution is 2.70.